The van der Waals surface area contributed by atoms with Crippen LogP contribution in [0.2, 0.25) is 0 Å². The minimum absolute atomic E-state index is 0. The molecule has 13 aromatic rings. The van der Waals surface area contributed by atoms with Gasteiger partial charge in [-0.3, -0.25) is 4.57 Å². The van der Waals surface area contributed by atoms with Crippen LogP contribution in [0.15, 0.2) is 212 Å². The molecule has 71 heavy (non-hydrogen) atoms. The monoisotopic (exact) mass is 1110 g/mol. The maximum atomic E-state index is 9.06. The molecule has 0 fully saturated rings. The van der Waals surface area contributed by atoms with Crippen LogP contribution in [-0.4, -0.2) is 23.7 Å². The van der Waals surface area contributed by atoms with Gasteiger partial charge in [-0.05, 0) is 74.6 Å². The first kappa shape index (κ1) is 34.0. The van der Waals surface area contributed by atoms with Gasteiger partial charge in [0.25, 0.3) is 6.33 Å². The molecule has 0 saturated carbocycles. The first-order valence-corrected chi connectivity index (χ1v) is 22.8. The molecule has 8 heteroatoms. The molecule has 0 atom stereocenters. The third kappa shape index (κ3) is 7.52. The maximum Gasteiger partial charge on any atom is 0.268 e. The third-order valence-electron chi connectivity index (χ3n) is 12.7. The van der Waals surface area contributed by atoms with E-state index in [2.05, 4.69) is 92.3 Å². The molecular formula is C63H44N6OPt-2. The van der Waals surface area contributed by atoms with Crippen molar-refractivity contribution in [3.63, 3.8) is 0 Å². The molecule has 0 bridgehead atoms. The van der Waals surface area contributed by atoms with E-state index in [1.54, 1.807) is 39.5 Å². The number of fused-ring (bicyclic) bond motifs is 7. The van der Waals surface area contributed by atoms with Crippen molar-refractivity contribution in [2.45, 2.75) is 26.2 Å². The first-order chi connectivity index (χ1) is 38.5. The first-order valence-electron chi connectivity index (χ1n) is 27.8. The van der Waals surface area contributed by atoms with Gasteiger partial charge in [-0.1, -0.05) is 166 Å². The van der Waals surface area contributed by atoms with Gasteiger partial charge in [0.15, 0.2) is 0 Å². The van der Waals surface area contributed by atoms with Crippen molar-refractivity contribution in [2.75, 3.05) is 0 Å². The normalized spacial score (nSPS) is 13.7. The van der Waals surface area contributed by atoms with Gasteiger partial charge < -0.3 is 18.4 Å². The predicted molar refractivity (Wildman–Crippen MR) is 282 cm³/mol. The standard InChI is InChI=1S/C63H44N6O.Pt/c1-63(2,3)44-34-35-64-60(36-44)69-59-39-48(32-33-53(59)54-38-46(40-65-62(54)69)68-55-28-12-10-24-51(55)52-25-11-13-29-56(52)68)70-47-23-16-22-45(37-47)66-41-67(58-31-15-14-30-57(58)66)61-49(42-18-6-4-7-19-42)26-17-27-50(61)43-20-8-5-9-21-43;/h4-36,38,40H,1-3H3;/q-2;/i4D,5D,6D,7D,8D,9D,18D,19D,20D,21D;. The number of para-hydroxylation sites is 5. The molecule has 0 spiro atoms. The number of imidazole rings is 1. The summed E-state index contributed by atoms with van der Waals surface area (Å²) >= 11 is 0. The zero-order valence-corrected chi connectivity index (χ0v) is 40.6. The van der Waals surface area contributed by atoms with Crippen LogP contribution in [0.25, 0.3) is 99.9 Å². The van der Waals surface area contributed by atoms with Crippen molar-refractivity contribution < 1.29 is 44.1 Å². The Morgan fingerprint density at radius 3 is 1.90 bits per heavy atom. The predicted octanol–water partition coefficient (Wildman–Crippen LogP) is 14.7. The topological polar surface area (TPSA) is 53.7 Å². The van der Waals surface area contributed by atoms with E-state index in [1.807, 2.05) is 77.6 Å². The molecular weight excluding hydrogens is 1050 g/mol. The summed E-state index contributed by atoms with van der Waals surface area (Å²) in [4.78, 5) is 10.1. The van der Waals surface area contributed by atoms with Gasteiger partial charge in [-0.2, -0.15) is 18.2 Å². The Hall–Kier alpha value is -8.38. The van der Waals surface area contributed by atoms with Crippen LogP contribution in [0.1, 0.15) is 40.0 Å². The van der Waals surface area contributed by atoms with Crippen LogP contribution in [0.5, 0.6) is 11.5 Å². The molecule has 0 N–H and O–H groups in total. The van der Waals surface area contributed by atoms with E-state index in [-0.39, 0.29) is 54.4 Å². The number of nitrogens with zero attached hydrogens (tertiary/aromatic N) is 6. The second-order valence-corrected chi connectivity index (χ2v) is 18.0. The van der Waals surface area contributed by atoms with E-state index < -0.39 is 60.4 Å². The number of pyridine rings is 2. The molecule has 13 rings (SSSR count). The van der Waals surface area contributed by atoms with E-state index in [9.17, 15) is 0 Å². The molecule has 0 unspecified atom stereocenters. The molecule has 8 aromatic carbocycles. The second-order valence-electron chi connectivity index (χ2n) is 18.0. The molecule has 0 radical (unpaired) electrons. The molecule has 0 aliphatic rings. The molecule has 5 aromatic heterocycles. The summed E-state index contributed by atoms with van der Waals surface area (Å²) < 4.78 is 102. The summed E-state index contributed by atoms with van der Waals surface area (Å²) in [6, 6.07) is 46.0. The van der Waals surface area contributed by atoms with E-state index in [1.165, 1.54) is 0 Å². The largest absolute Gasteiger partial charge is 0.510 e. The summed E-state index contributed by atoms with van der Waals surface area (Å²) in [5.41, 5.74) is 7.06. The second kappa shape index (κ2) is 17.5. The number of hydrogen-bond donors (Lipinski definition) is 0. The summed E-state index contributed by atoms with van der Waals surface area (Å²) in [6.45, 7) is 6.49. The Labute approximate surface area is 439 Å². The molecule has 7 nitrogen and oxygen atoms in total. The van der Waals surface area contributed by atoms with Crippen LogP contribution in [0.3, 0.4) is 0 Å². The average molecular weight is 1110 g/mol. The fraction of sp³-hybridized carbons (Fsp3) is 0.0635. The summed E-state index contributed by atoms with van der Waals surface area (Å²) in [5, 5.41) is 4.06. The van der Waals surface area contributed by atoms with E-state index >= 15 is 0 Å². The van der Waals surface area contributed by atoms with E-state index in [0.29, 0.717) is 45.2 Å². The summed E-state index contributed by atoms with van der Waals surface area (Å²) in [6.07, 6.45) is 7.14. The van der Waals surface area contributed by atoms with Gasteiger partial charge in [-0.15, -0.1) is 29.7 Å². The van der Waals surface area contributed by atoms with Gasteiger partial charge in [0.05, 0.1) is 53.3 Å². The zero-order valence-electron chi connectivity index (χ0n) is 48.3. The molecule has 0 amide bonds. The Bertz CT molecular complexity index is 4580. The third-order valence-corrected chi connectivity index (χ3v) is 12.7. The fourth-order valence-electron chi connectivity index (χ4n) is 9.50. The quantitative estimate of drug-likeness (QED) is 0.113. The van der Waals surface area contributed by atoms with Gasteiger partial charge in [0.1, 0.15) is 11.5 Å². The number of benzene rings is 8. The van der Waals surface area contributed by atoms with Crippen molar-refractivity contribution in [3.05, 3.63) is 236 Å². The van der Waals surface area contributed by atoms with Gasteiger partial charge in [0, 0.05) is 49.5 Å². The van der Waals surface area contributed by atoms with Crippen molar-refractivity contribution >= 4 is 54.8 Å². The molecule has 5 heterocycles. The molecule has 344 valence electrons. The number of ether oxygens (including phenoxy) is 1. The van der Waals surface area contributed by atoms with Crippen LogP contribution in [0.4, 0.5) is 0 Å². The van der Waals surface area contributed by atoms with Crippen molar-refractivity contribution in [3.8, 4) is 56.6 Å². The zero-order chi connectivity index (χ0) is 55.6. The van der Waals surface area contributed by atoms with Crippen molar-refractivity contribution in [2.24, 2.45) is 0 Å². The Balaban J connectivity index is 0.00000651. The van der Waals surface area contributed by atoms with E-state index in [4.69, 9.17) is 28.4 Å². The van der Waals surface area contributed by atoms with Crippen LogP contribution in [0, 0.1) is 18.5 Å². The summed E-state index contributed by atoms with van der Waals surface area (Å²) in [7, 11) is 0. The minimum atomic E-state index is -0.578. The fourth-order valence-corrected chi connectivity index (χ4v) is 9.50. The molecule has 0 aliphatic heterocycles. The van der Waals surface area contributed by atoms with Crippen molar-refractivity contribution in [1.82, 2.24) is 23.7 Å². The minimum Gasteiger partial charge on any atom is -0.510 e. The van der Waals surface area contributed by atoms with Gasteiger partial charge in [-0.25, -0.2) is 9.97 Å². The Morgan fingerprint density at radius 1 is 0.577 bits per heavy atom. The van der Waals surface area contributed by atoms with Crippen LogP contribution in [-0.2, 0) is 26.5 Å². The van der Waals surface area contributed by atoms with Crippen molar-refractivity contribution in [1.29, 1.82) is 0 Å². The Morgan fingerprint density at radius 2 is 1.21 bits per heavy atom. The van der Waals surface area contributed by atoms with Gasteiger partial charge >= 0.3 is 0 Å². The van der Waals surface area contributed by atoms with E-state index in [0.717, 1.165) is 43.8 Å². The number of aromatic nitrogens is 6. The maximum absolute atomic E-state index is 9.06. The SMILES string of the molecule is [2H]c1c([2H])c([2H])c(-c2cccc(-c3c([2H])c([2H])c([2H])c([2H])c3[2H])c2-[n+]2[c-]n(-c3[c-]c(Oc4[c-]c5c(cc4)c4cc(-n6c7ccccc7c7ccccc76)cnc4n5-c4cc(C(C)(C)C)ccn4)ccc3)c3ccccc32)c([2H])c1[2H].[Pt]. The van der Waals surface area contributed by atoms with Crippen LogP contribution < -0.4 is 9.30 Å². The number of rotatable bonds is 8. The summed E-state index contributed by atoms with van der Waals surface area (Å²) in [5.74, 6) is 1.39. The molecule has 0 aliphatic carbocycles. The Kier molecular flexibility index (Phi) is 8.40. The van der Waals surface area contributed by atoms with Gasteiger partial charge in [0.2, 0.25) is 0 Å². The number of hydrogen-bond acceptors (Lipinski definition) is 3. The average Bonchev–Trinajstić information content (AvgIpc) is 4.34. The van der Waals surface area contributed by atoms with Crippen LogP contribution >= 0.6 is 0 Å². The smallest absolute Gasteiger partial charge is 0.268 e. The molecule has 0 saturated heterocycles.